The summed E-state index contributed by atoms with van der Waals surface area (Å²) >= 11 is 0. The van der Waals surface area contributed by atoms with Crippen molar-refractivity contribution in [1.82, 2.24) is 24.3 Å². The van der Waals surface area contributed by atoms with Gasteiger partial charge in [-0.05, 0) is 58.1 Å². The summed E-state index contributed by atoms with van der Waals surface area (Å²) in [5.74, 6) is -0.0171. The standard InChI is InChI=1S/C26H37N5O6S/c1-18(2)30-22-6-3-4-7-23(22)31(25(30)33)24(32)27-19-16-20-8-9-21(17-19)29(20)10-5-13-37-26(34)28-11-14-38(35,36)15-12-28/h3-4,6-7,18-21H,5,8-17H2,1-2H3,(H,27,32)/t19-,20+,21-. The van der Waals surface area contributed by atoms with E-state index in [1.165, 1.54) is 9.47 Å². The Morgan fingerprint density at radius 3 is 2.32 bits per heavy atom. The average Bonchev–Trinajstić information content (AvgIpc) is 3.29. The number of hydrogen-bond donors (Lipinski definition) is 1. The molecule has 0 radical (unpaired) electrons. The second kappa shape index (κ2) is 10.7. The topological polar surface area (TPSA) is 123 Å². The molecule has 38 heavy (non-hydrogen) atoms. The van der Waals surface area contributed by atoms with Crippen molar-refractivity contribution in [2.24, 2.45) is 0 Å². The molecule has 12 heteroatoms. The van der Waals surface area contributed by atoms with Crippen LogP contribution in [0, 0.1) is 0 Å². The molecule has 3 saturated heterocycles. The molecule has 1 N–H and O–H groups in total. The molecule has 0 saturated carbocycles. The number of imidazole rings is 1. The predicted molar refractivity (Wildman–Crippen MR) is 143 cm³/mol. The summed E-state index contributed by atoms with van der Waals surface area (Å²) in [6, 6.07) is 7.64. The SMILES string of the molecule is CC(C)n1c(=O)n(C(=O)N[C@H]2C[C@H]3CC[C@@H](C2)N3CCCOC(=O)N2CCS(=O)(=O)CC2)c2ccccc21. The van der Waals surface area contributed by atoms with Gasteiger partial charge in [-0.3, -0.25) is 9.47 Å². The van der Waals surface area contributed by atoms with Crippen LogP contribution in [0.5, 0.6) is 0 Å². The Hall–Kier alpha value is -2.86. The van der Waals surface area contributed by atoms with Gasteiger partial charge in [-0.2, -0.15) is 0 Å². The minimum absolute atomic E-state index is 0.00230. The minimum atomic E-state index is -3.04. The van der Waals surface area contributed by atoms with Crippen LogP contribution in [0.2, 0.25) is 0 Å². The first-order valence-corrected chi connectivity index (χ1v) is 15.4. The summed E-state index contributed by atoms with van der Waals surface area (Å²) < 4.78 is 31.4. The molecular formula is C26H37N5O6S. The number of nitrogens with one attached hydrogen (secondary N) is 1. The van der Waals surface area contributed by atoms with Gasteiger partial charge in [0.25, 0.3) is 0 Å². The van der Waals surface area contributed by atoms with Gasteiger partial charge in [0.2, 0.25) is 0 Å². The Bertz CT molecular complexity index is 1340. The molecular weight excluding hydrogens is 510 g/mol. The Morgan fingerprint density at radius 1 is 1.05 bits per heavy atom. The zero-order chi connectivity index (χ0) is 27.0. The fraction of sp³-hybridized carbons (Fsp3) is 0.654. The number of piperidine rings is 1. The van der Waals surface area contributed by atoms with E-state index in [1.807, 2.05) is 38.1 Å². The molecule has 3 aliphatic heterocycles. The van der Waals surface area contributed by atoms with E-state index in [0.717, 1.165) is 37.7 Å². The van der Waals surface area contributed by atoms with Gasteiger partial charge in [0.05, 0.1) is 29.1 Å². The molecule has 208 valence electrons. The number of sulfone groups is 1. The van der Waals surface area contributed by atoms with E-state index in [-0.39, 0.29) is 48.4 Å². The van der Waals surface area contributed by atoms with Crippen LogP contribution in [0.4, 0.5) is 9.59 Å². The Morgan fingerprint density at radius 2 is 1.68 bits per heavy atom. The third-order valence-corrected chi connectivity index (χ3v) is 9.71. The molecule has 0 spiro atoms. The molecule has 2 amide bonds. The van der Waals surface area contributed by atoms with Crippen molar-refractivity contribution in [1.29, 1.82) is 0 Å². The zero-order valence-corrected chi connectivity index (χ0v) is 22.9. The Labute approximate surface area is 222 Å². The van der Waals surface area contributed by atoms with E-state index in [0.29, 0.717) is 30.6 Å². The van der Waals surface area contributed by atoms with Gasteiger partial charge in [0, 0.05) is 43.8 Å². The number of ether oxygens (including phenoxy) is 1. The molecule has 0 aliphatic carbocycles. The van der Waals surface area contributed by atoms with E-state index >= 15 is 0 Å². The summed E-state index contributed by atoms with van der Waals surface area (Å²) in [4.78, 5) is 42.6. The van der Waals surface area contributed by atoms with Crippen molar-refractivity contribution < 1.29 is 22.7 Å². The highest BCUT2D eigenvalue weighted by Gasteiger charge is 2.41. The number of amides is 2. The van der Waals surface area contributed by atoms with Gasteiger partial charge in [-0.25, -0.2) is 27.4 Å². The lowest BCUT2D eigenvalue weighted by Crippen LogP contribution is -2.52. The predicted octanol–water partition coefficient (Wildman–Crippen LogP) is 2.19. The first kappa shape index (κ1) is 26.7. The van der Waals surface area contributed by atoms with Crippen molar-refractivity contribution in [3.05, 3.63) is 34.7 Å². The zero-order valence-electron chi connectivity index (χ0n) is 22.0. The molecule has 11 nitrogen and oxygen atoms in total. The molecule has 4 heterocycles. The monoisotopic (exact) mass is 547 g/mol. The van der Waals surface area contributed by atoms with Gasteiger partial charge in [0.1, 0.15) is 0 Å². The fourth-order valence-corrected chi connectivity index (χ4v) is 7.46. The summed E-state index contributed by atoms with van der Waals surface area (Å²) in [6.45, 7) is 5.35. The molecule has 1 aromatic heterocycles. The summed E-state index contributed by atoms with van der Waals surface area (Å²) in [6.07, 6.45) is 4.02. The van der Waals surface area contributed by atoms with Crippen LogP contribution in [0.3, 0.4) is 0 Å². The highest BCUT2D eigenvalue weighted by molar-refractivity contribution is 7.91. The first-order chi connectivity index (χ1) is 18.1. The highest BCUT2D eigenvalue weighted by atomic mass is 32.2. The van der Waals surface area contributed by atoms with Gasteiger partial charge >= 0.3 is 17.8 Å². The number of carbonyl (C=O) groups excluding carboxylic acids is 2. The van der Waals surface area contributed by atoms with Crippen molar-refractivity contribution in [3.8, 4) is 0 Å². The third-order valence-electron chi connectivity index (χ3n) is 8.10. The summed E-state index contributed by atoms with van der Waals surface area (Å²) in [5.41, 5.74) is 1.05. The molecule has 2 aromatic rings. The van der Waals surface area contributed by atoms with Crippen LogP contribution in [0.25, 0.3) is 11.0 Å². The molecule has 3 aliphatic rings. The van der Waals surface area contributed by atoms with Crippen LogP contribution in [0.1, 0.15) is 52.0 Å². The van der Waals surface area contributed by atoms with Crippen molar-refractivity contribution in [2.75, 3.05) is 37.7 Å². The lowest BCUT2D eigenvalue weighted by Gasteiger charge is -2.39. The van der Waals surface area contributed by atoms with E-state index in [4.69, 9.17) is 4.74 Å². The molecule has 5 rings (SSSR count). The number of nitrogens with zero attached hydrogens (tertiary/aromatic N) is 4. The Balaban J connectivity index is 1.13. The number of aromatic nitrogens is 2. The van der Waals surface area contributed by atoms with Gasteiger partial charge in [-0.15, -0.1) is 0 Å². The van der Waals surface area contributed by atoms with E-state index in [2.05, 4.69) is 10.2 Å². The minimum Gasteiger partial charge on any atom is -0.449 e. The molecule has 2 bridgehead atoms. The second-order valence-electron chi connectivity index (χ2n) is 10.9. The number of fused-ring (bicyclic) bond motifs is 3. The number of hydrogen-bond acceptors (Lipinski definition) is 7. The maximum atomic E-state index is 13.3. The van der Waals surface area contributed by atoms with Gasteiger partial charge in [0.15, 0.2) is 9.84 Å². The van der Waals surface area contributed by atoms with Gasteiger partial charge in [-0.1, -0.05) is 12.1 Å². The molecule has 3 atom stereocenters. The fourth-order valence-electron chi connectivity index (χ4n) is 6.26. The van der Waals surface area contributed by atoms with E-state index < -0.39 is 15.9 Å². The number of carbonyl (C=O) groups is 2. The van der Waals surface area contributed by atoms with Crippen molar-refractivity contribution >= 4 is 33.0 Å². The molecule has 3 fully saturated rings. The van der Waals surface area contributed by atoms with E-state index in [1.54, 1.807) is 4.57 Å². The summed E-state index contributed by atoms with van der Waals surface area (Å²) in [7, 11) is -3.04. The van der Waals surface area contributed by atoms with Crippen LogP contribution < -0.4 is 11.0 Å². The normalized spacial score (nSPS) is 25.1. The maximum Gasteiger partial charge on any atom is 0.409 e. The average molecular weight is 548 g/mol. The highest BCUT2D eigenvalue weighted by Crippen LogP contribution is 2.35. The van der Waals surface area contributed by atoms with Crippen LogP contribution in [-0.4, -0.2) is 95.3 Å². The Kier molecular flexibility index (Phi) is 7.54. The van der Waals surface area contributed by atoms with Crippen LogP contribution in [0.15, 0.2) is 29.1 Å². The van der Waals surface area contributed by atoms with E-state index in [9.17, 15) is 22.8 Å². The third kappa shape index (κ3) is 5.33. The smallest absolute Gasteiger partial charge is 0.409 e. The maximum absolute atomic E-state index is 13.3. The first-order valence-electron chi connectivity index (χ1n) is 13.6. The van der Waals surface area contributed by atoms with Gasteiger partial charge < -0.3 is 15.0 Å². The number of benzene rings is 1. The van der Waals surface area contributed by atoms with Crippen molar-refractivity contribution in [2.45, 2.75) is 70.1 Å². The number of rotatable bonds is 6. The van der Waals surface area contributed by atoms with Crippen LogP contribution >= 0.6 is 0 Å². The van der Waals surface area contributed by atoms with Crippen LogP contribution in [-0.2, 0) is 14.6 Å². The van der Waals surface area contributed by atoms with Crippen molar-refractivity contribution in [3.63, 3.8) is 0 Å². The lowest BCUT2D eigenvalue weighted by molar-refractivity contribution is 0.0851. The number of para-hydroxylation sites is 2. The second-order valence-corrected chi connectivity index (χ2v) is 13.2. The largest absolute Gasteiger partial charge is 0.449 e. The summed E-state index contributed by atoms with van der Waals surface area (Å²) in [5, 5.41) is 3.13. The lowest BCUT2D eigenvalue weighted by atomic mass is 9.97. The quantitative estimate of drug-likeness (QED) is 0.550. The molecule has 0 unspecified atom stereocenters. The molecule has 1 aromatic carbocycles.